The van der Waals surface area contributed by atoms with Gasteiger partial charge in [-0.05, 0) is 22.5 Å². The molecule has 0 bridgehead atoms. The average molecular weight is 419 g/mol. The molecule has 1 heterocycles. The molecule has 0 aromatic carbocycles. The van der Waals surface area contributed by atoms with Crippen molar-refractivity contribution in [3.05, 3.63) is 0 Å². The second-order valence-electron chi connectivity index (χ2n) is 9.24. The first-order valence-electron chi connectivity index (χ1n) is 10.7. The van der Waals surface area contributed by atoms with Crippen LogP contribution in [0.5, 0.6) is 0 Å². The summed E-state index contributed by atoms with van der Waals surface area (Å²) >= 11 is 0. The van der Waals surface area contributed by atoms with Crippen molar-refractivity contribution in [3.8, 4) is 0 Å². The van der Waals surface area contributed by atoms with E-state index in [1.807, 2.05) is 0 Å². The standard InChI is InChI=1S/C20H46N2O3Si2/c1-17(2)27(18(3)4,19(5)6)22-13-11-21(12-14-22)15-20(7)16-26(23-8,24-9)25-10/h17-20H,11-16H2,1-10H3. The fourth-order valence-corrected chi connectivity index (χ4v) is 15.0. The van der Waals surface area contributed by atoms with Crippen LogP contribution in [-0.2, 0) is 13.3 Å². The SMILES string of the molecule is CO[Si](CC(C)CN1CCN([Si](C(C)C)(C(C)C)C(C)C)CC1)(OC)OC. The summed E-state index contributed by atoms with van der Waals surface area (Å²) in [6.45, 7) is 22.9. The minimum Gasteiger partial charge on any atom is -0.377 e. The Bertz CT molecular complexity index is 393. The van der Waals surface area contributed by atoms with Gasteiger partial charge < -0.3 is 22.7 Å². The van der Waals surface area contributed by atoms with E-state index in [0.29, 0.717) is 5.92 Å². The van der Waals surface area contributed by atoms with Crippen LogP contribution in [0.2, 0.25) is 22.7 Å². The molecule has 162 valence electrons. The second-order valence-corrected chi connectivity index (χ2v) is 18.1. The lowest BCUT2D eigenvalue weighted by atomic mass is 10.2. The van der Waals surface area contributed by atoms with Gasteiger partial charge in [-0.2, -0.15) is 0 Å². The van der Waals surface area contributed by atoms with Gasteiger partial charge in [0, 0.05) is 60.1 Å². The lowest BCUT2D eigenvalue weighted by Gasteiger charge is -2.54. The third-order valence-corrected chi connectivity index (χ3v) is 17.0. The van der Waals surface area contributed by atoms with Crippen LogP contribution in [0.4, 0.5) is 0 Å². The third-order valence-electron chi connectivity index (χ3n) is 6.80. The second kappa shape index (κ2) is 10.9. The number of hydrogen-bond acceptors (Lipinski definition) is 5. The summed E-state index contributed by atoms with van der Waals surface area (Å²) in [5.74, 6) is 0.505. The molecular weight excluding hydrogens is 372 g/mol. The number of hydrogen-bond donors (Lipinski definition) is 0. The molecule has 1 unspecified atom stereocenters. The monoisotopic (exact) mass is 418 g/mol. The first-order valence-corrected chi connectivity index (χ1v) is 14.8. The van der Waals surface area contributed by atoms with Gasteiger partial charge in [-0.15, -0.1) is 0 Å². The van der Waals surface area contributed by atoms with Gasteiger partial charge in [-0.25, -0.2) is 0 Å². The Hall–Kier alpha value is 0.234. The molecule has 1 aliphatic heterocycles. The lowest BCUT2D eigenvalue weighted by molar-refractivity contribution is 0.110. The fraction of sp³-hybridized carbons (Fsp3) is 1.00. The van der Waals surface area contributed by atoms with Crippen molar-refractivity contribution in [3.63, 3.8) is 0 Å². The third kappa shape index (κ3) is 5.65. The maximum absolute atomic E-state index is 5.61. The topological polar surface area (TPSA) is 34.2 Å². The summed E-state index contributed by atoms with van der Waals surface area (Å²) in [6.07, 6.45) is 0. The molecular formula is C20H46N2O3Si2. The van der Waals surface area contributed by atoms with Gasteiger partial charge in [-0.1, -0.05) is 48.5 Å². The van der Waals surface area contributed by atoms with E-state index in [1.54, 1.807) is 21.3 Å². The van der Waals surface area contributed by atoms with Crippen LogP contribution in [0.1, 0.15) is 48.5 Å². The Morgan fingerprint density at radius 2 is 1.11 bits per heavy atom. The molecule has 27 heavy (non-hydrogen) atoms. The minimum absolute atomic E-state index is 0.505. The molecule has 0 radical (unpaired) electrons. The maximum Gasteiger partial charge on any atom is 0.500 e. The van der Waals surface area contributed by atoms with Gasteiger partial charge >= 0.3 is 8.80 Å². The van der Waals surface area contributed by atoms with E-state index in [1.165, 1.54) is 26.2 Å². The molecule has 0 aliphatic carbocycles. The predicted octanol–water partition coefficient (Wildman–Crippen LogP) is 4.29. The summed E-state index contributed by atoms with van der Waals surface area (Å²) in [4.78, 5) is 2.63. The van der Waals surface area contributed by atoms with Gasteiger partial charge in [0.15, 0.2) is 0 Å². The summed E-state index contributed by atoms with van der Waals surface area (Å²) in [5, 5.41) is 0. The average Bonchev–Trinajstić information content (AvgIpc) is 2.61. The Labute approximate surface area is 171 Å². The molecule has 0 spiro atoms. The summed E-state index contributed by atoms with van der Waals surface area (Å²) in [6, 6.07) is 0.874. The molecule has 1 aliphatic rings. The molecule has 1 atom stereocenters. The number of nitrogens with zero attached hydrogens (tertiary/aromatic N) is 2. The Kier molecular flexibility index (Phi) is 10.2. The zero-order valence-electron chi connectivity index (χ0n) is 19.7. The van der Waals surface area contributed by atoms with Gasteiger partial charge in [-0.3, -0.25) is 0 Å². The van der Waals surface area contributed by atoms with Gasteiger partial charge in [0.1, 0.15) is 8.24 Å². The Morgan fingerprint density at radius 3 is 1.44 bits per heavy atom. The number of piperazine rings is 1. The minimum atomic E-state index is -2.48. The van der Waals surface area contributed by atoms with Crippen molar-refractivity contribution in [2.24, 2.45) is 5.92 Å². The number of rotatable bonds is 11. The quantitative estimate of drug-likeness (QED) is 0.468. The molecule has 0 amide bonds. The highest BCUT2D eigenvalue weighted by atomic mass is 28.4. The van der Waals surface area contributed by atoms with Crippen molar-refractivity contribution < 1.29 is 13.3 Å². The van der Waals surface area contributed by atoms with Crippen molar-refractivity contribution in [1.29, 1.82) is 0 Å². The fourth-order valence-electron chi connectivity index (χ4n) is 5.85. The van der Waals surface area contributed by atoms with Gasteiger partial charge in [0.2, 0.25) is 0 Å². The van der Waals surface area contributed by atoms with Crippen LogP contribution in [0.25, 0.3) is 0 Å². The molecule has 0 saturated carbocycles. The normalized spacial score (nSPS) is 19.4. The predicted molar refractivity (Wildman–Crippen MR) is 120 cm³/mol. The Balaban J connectivity index is 2.70. The summed E-state index contributed by atoms with van der Waals surface area (Å²) < 4.78 is 19.8. The highest BCUT2D eigenvalue weighted by molar-refractivity contribution is 6.81. The maximum atomic E-state index is 5.61. The van der Waals surface area contributed by atoms with Crippen molar-refractivity contribution >= 4 is 17.0 Å². The largest absolute Gasteiger partial charge is 0.500 e. The van der Waals surface area contributed by atoms with Crippen molar-refractivity contribution in [1.82, 2.24) is 9.47 Å². The summed E-state index contributed by atoms with van der Waals surface area (Å²) in [5.41, 5.74) is 2.37. The van der Waals surface area contributed by atoms with E-state index < -0.39 is 17.0 Å². The molecule has 1 rings (SSSR count). The molecule has 7 heteroatoms. The molecule has 1 fully saturated rings. The molecule has 0 aromatic rings. The summed E-state index contributed by atoms with van der Waals surface area (Å²) in [7, 11) is 1.14. The van der Waals surface area contributed by atoms with Crippen LogP contribution < -0.4 is 0 Å². The van der Waals surface area contributed by atoms with E-state index in [2.05, 4.69) is 57.9 Å². The smallest absolute Gasteiger partial charge is 0.377 e. The molecule has 5 nitrogen and oxygen atoms in total. The zero-order chi connectivity index (χ0) is 20.8. The first kappa shape index (κ1) is 25.3. The molecule has 0 N–H and O–H groups in total. The van der Waals surface area contributed by atoms with Crippen molar-refractivity contribution in [2.75, 3.05) is 54.1 Å². The first-order chi connectivity index (χ1) is 12.6. The lowest BCUT2D eigenvalue weighted by Crippen LogP contribution is -2.65. The van der Waals surface area contributed by atoms with Gasteiger partial charge in [0.05, 0.1) is 0 Å². The van der Waals surface area contributed by atoms with E-state index >= 15 is 0 Å². The highest BCUT2D eigenvalue weighted by Crippen LogP contribution is 2.44. The van der Waals surface area contributed by atoms with Crippen LogP contribution in [0, 0.1) is 5.92 Å². The van der Waals surface area contributed by atoms with Crippen molar-refractivity contribution in [2.45, 2.75) is 71.1 Å². The van der Waals surface area contributed by atoms with Crippen LogP contribution in [0.15, 0.2) is 0 Å². The highest BCUT2D eigenvalue weighted by Gasteiger charge is 2.48. The van der Waals surface area contributed by atoms with Crippen LogP contribution >= 0.6 is 0 Å². The van der Waals surface area contributed by atoms with E-state index in [9.17, 15) is 0 Å². The van der Waals surface area contributed by atoms with E-state index in [-0.39, 0.29) is 0 Å². The van der Waals surface area contributed by atoms with E-state index in [4.69, 9.17) is 13.3 Å². The Morgan fingerprint density at radius 1 is 0.704 bits per heavy atom. The van der Waals surface area contributed by atoms with Gasteiger partial charge in [0.25, 0.3) is 0 Å². The zero-order valence-corrected chi connectivity index (χ0v) is 21.7. The van der Waals surface area contributed by atoms with E-state index in [0.717, 1.165) is 29.2 Å². The van der Waals surface area contributed by atoms with Crippen LogP contribution in [0.3, 0.4) is 0 Å². The molecule has 0 aromatic heterocycles. The molecule has 1 saturated heterocycles. The van der Waals surface area contributed by atoms with Crippen LogP contribution in [-0.4, -0.2) is 80.6 Å².